The molecule has 1 N–H and O–H groups in total. The van der Waals surface area contributed by atoms with Gasteiger partial charge in [-0.2, -0.15) is 0 Å². The fourth-order valence-corrected chi connectivity index (χ4v) is 2.71. The Labute approximate surface area is 136 Å². The molecular weight excluding hydrogens is 286 g/mol. The maximum atomic E-state index is 12.1. The van der Waals surface area contributed by atoms with E-state index in [1.165, 1.54) is 5.56 Å². The lowest BCUT2D eigenvalue weighted by molar-refractivity contribution is -0.120. The van der Waals surface area contributed by atoms with Crippen molar-refractivity contribution in [3.63, 3.8) is 0 Å². The van der Waals surface area contributed by atoms with Gasteiger partial charge in [0.15, 0.2) is 0 Å². The predicted octanol–water partition coefficient (Wildman–Crippen LogP) is 2.78. The Kier molecular flexibility index (Phi) is 4.42. The van der Waals surface area contributed by atoms with E-state index in [-0.39, 0.29) is 5.91 Å². The molecule has 2 aromatic carbocycles. The second-order valence-corrected chi connectivity index (χ2v) is 5.80. The molecule has 0 unspecified atom stereocenters. The summed E-state index contributed by atoms with van der Waals surface area (Å²) in [6, 6.07) is 16.2. The van der Waals surface area contributed by atoms with Crippen molar-refractivity contribution in [1.29, 1.82) is 0 Å². The van der Waals surface area contributed by atoms with Gasteiger partial charge in [0.1, 0.15) is 5.82 Å². The van der Waals surface area contributed by atoms with Gasteiger partial charge in [-0.05, 0) is 36.6 Å². The number of aryl methyl sites for hydroxylation is 2. The first-order valence-corrected chi connectivity index (χ1v) is 7.86. The maximum absolute atomic E-state index is 12.1. The highest BCUT2D eigenvalue weighted by molar-refractivity contribution is 5.82. The number of fused-ring (bicyclic) bond motifs is 1. The Morgan fingerprint density at radius 3 is 2.70 bits per heavy atom. The lowest BCUT2D eigenvalue weighted by Gasteiger charge is -2.06. The molecule has 3 rings (SSSR count). The zero-order valence-electron chi connectivity index (χ0n) is 13.5. The summed E-state index contributed by atoms with van der Waals surface area (Å²) in [6.07, 6.45) is 1.24. The van der Waals surface area contributed by atoms with Crippen LogP contribution >= 0.6 is 0 Å². The Morgan fingerprint density at radius 2 is 1.91 bits per heavy atom. The molecule has 0 spiro atoms. The summed E-state index contributed by atoms with van der Waals surface area (Å²) in [5, 5.41) is 2.98. The molecule has 0 saturated heterocycles. The van der Waals surface area contributed by atoms with Crippen LogP contribution in [0.1, 0.15) is 17.0 Å². The number of hydrogen-bond acceptors (Lipinski definition) is 2. The first-order valence-electron chi connectivity index (χ1n) is 7.86. The Hall–Kier alpha value is -2.62. The molecule has 3 aromatic rings. The highest BCUT2D eigenvalue weighted by Crippen LogP contribution is 2.16. The largest absolute Gasteiger partial charge is 0.355 e. The second-order valence-electron chi connectivity index (χ2n) is 5.80. The Bertz CT molecular complexity index is 821. The normalized spacial score (nSPS) is 10.9. The van der Waals surface area contributed by atoms with E-state index in [9.17, 15) is 4.79 Å². The van der Waals surface area contributed by atoms with E-state index in [1.807, 2.05) is 50.4 Å². The van der Waals surface area contributed by atoms with Crippen LogP contribution in [0.5, 0.6) is 0 Å². The second kappa shape index (κ2) is 6.65. The molecule has 0 atom stereocenters. The molecule has 0 radical (unpaired) electrons. The molecule has 0 fully saturated rings. The average Bonchev–Trinajstić information content (AvgIpc) is 2.82. The van der Waals surface area contributed by atoms with Crippen molar-refractivity contribution in [2.75, 3.05) is 6.54 Å². The molecular formula is C19H21N3O. The minimum Gasteiger partial charge on any atom is -0.355 e. The van der Waals surface area contributed by atoms with Crippen LogP contribution in [0.3, 0.4) is 0 Å². The fraction of sp³-hybridized carbons (Fsp3) is 0.263. The number of nitrogens with one attached hydrogen (secondary N) is 1. The van der Waals surface area contributed by atoms with Gasteiger partial charge in [0, 0.05) is 13.6 Å². The Morgan fingerprint density at radius 1 is 1.13 bits per heavy atom. The number of carbonyl (C=O) groups excluding carboxylic acids is 1. The molecule has 0 aliphatic rings. The van der Waals surface area contributed by atoms with Crippen molar-refractivity contribution >= 4 is 16.9 Å². The van der Waals surface area contributed by atoms with Gasteiger partial charge < -0.3 is 9.88 Å². The average molecular weight is 307 g/mol. The summed E-state index contributed by atoms with van der Waals surface area (Å²) in [5.74, 6) is 1.03. The van der Waals surface area contributed by atoms with Crippen LogP contribution < -0.4 is 5.32 Å². The predicted molar refractivity (Wildman–Crippen MR) is 92.3 cm³/mol. The van der Waals surface area contributed by atoms with Crippen LogP contribution in [0.2, 0.25) is 0 Å². The molecule has 0 bridgehead atoms. The zero-order chi connectivity index (χ0) is 16.2. The zero-order valence-corrected chi connectivity index (χ0v) is 13.5. The van der Waals surface area contributed by atoms with E-state index in [0.717, 1.165) is 28.8 Å². The lowest BCUT2D eigenvalue weighted by Crippen LogP contribution is -2.27. The number of amides is 1. The first kappa shape index (κ1) is 15.3. The summed E-state index contributed by atoms with van der Waals surface area (Å²) in [4.78, 5) is 16.6. The van der Waals surface area contributed by atoms with E-state index in [4.69, 9.17) is 0 Å². The van der Waals surface area contributed by atoms with Crippen molar-refractivity contribution in [3.05, 3.63) is 65.5 Å². The SMILES string of the molecule is Cc1nc2cc(CC(=O)NCCc3ccccc3)ccc2n1C. The monoisotopic (exact) mass is 307 g/mol. The van der Waals surface area contributed by atoms with Crippen molar-refractivity contribution in [2.24, 2.45) is 7.05 Å². The van der Waals surface area contributed by atoms with Crippen LogP contribution in [0.25, 0.3) is 11.0 Å². The topological polar surface area (TPSA) is 46.9 Å². The number of carbonyl (C=O) groups is 1. The lowest BCUT2D eigenvalue weighted by atomic mass is 10.1. The number of imidazole rings is 1. The summed E-state index contributed by atoms with van der Waals surface area (Å²) in [5.41, 5.74) is 4.27. The smallest absolute Gasteiger partial charge is 0.224 e. The minimum absolute atomic E-state index is 0.0490. The molecule has 1 aromatic heterocycles. The van der Waals surface area contributed by atoms with Gasteiger partial charge in [0.2, 0.25) is 5.91 Å². The van der Waals surface area contributed by atoms with Gasteiger partial charge in [0.25, 0.3) is 0 Å². The molecule has 4 heteroatoms. The van der Waals surface area contributed by atoms with Gasteiger partial charge in [0.05, 0.1) is 17.5 Å². The van der Waals surface area contributed by atoms with Gasteiger partial charge in [-0.25, -0.2) is 4.98 Å². The molecule has 0 aliphatic heterocycles. The van der Waals surface area contributed by atoms with Crippen LogP contribution in [-0.4, -0.2) is 22.0 Å². The van der Waals surface area contributed by atoms with Crippen LogP contribution in [0.15, 0.2) is 48.5 Å². The maximum Gasteiger partial charge on any atom is 0.224 e. The van der Waals surface area contributed by atoms with Crippen molar-refractivity contribution < 1.29 is 4.79 Å². The summed E-state index contributed by atoms with van der Waals surface area (Å²) >= 11 is 0. The number of aromatic nitrogens is 2. The van der Waals surface area contributed by atoms with Gasteiger partial charge >= 0.3 is 0 Å². The van der Waals surface area contributed by atoms with Gasteiger partial charge in [-0.3, -0.25) is 4.79 Å². The van der Waals surface area contributed by atoms with Crippen molar-refractivity contribution in [3.8, 4) is 0 Å². The molecule has 1 heterocycles. The van der Waals surface area contributed by atoms with E-state index in [0.29, 0.717) is 13.0 Å². The minimum atomic E-state index is 0.0490. The van der Waals surface area contributed by atoms with E-state index in [2.05, 4.69) is 27.0 Å². The van der Waals surface area contributed by atoms with E-state index in [1.54, 1.807) is 0 Å². The highest BCUT2D eigenvalue weighted by Gasteiger charge is 2.07. The molecule has 1 amide bonds. The van der Waals surface area contributed by atoms with Crippen LogP contribution in [0, 0.1) is 6.92 Å². The van der Waals surface area contributed by atoms with Crippen molar-refractivity contribution in [1.82, 2.24) is 14.9 Å². The van der Waals surface area contributed by atoms with Crippen LogP contribution in [0.4, 0.5) is 0 Å². The first-order chi connectivity index (χ1) is 11.1. The number of rotatable bonds is 5. The van der Waals surface area contributed by atoms with Gasteiger partial charge in [-0.15, -0.1) is 0 Å². The molecule has 118 valence electrons. The summed E-state index contributed by atoms with van der Waals surface area (Å²) in [6.45, 7) is 2.64. The third kappa shape index (κ3) is 3.59. The van der Waals surface area contributed by atoms with Gasteiger partial charge in [-0.1, -0.05) is 36.4 Å². The number of hydrogen-bond donors (Lipinski definition) is 1. The fourth-order valence-electron chi connectivity index (χ4n) is 2.71. The van der Waals surface area contributed by atoms with Crippen molar-refractivity contribution in [2.45, 2.75) is 19.8 Å². The molecule has 4 nitrogen and oxygen atoms in total. The number of benzene rings is 2. The molecule has 23 heavy (non-hydrogen) atoms. The quantitative estimate of drug-likeness (QED) is 0.788. The third-order valence-corrected chi connectivity index (χ3v) is 4.11. The molecule has 0 aliphatic carbocycles. The van der Waals surface area contributed by atoms with E-state index < -0.39 is 0 Å². The Balaban J connectivity index is 1.57. The summed E-state index contributed by atoms with van der Waals surface area (Å²) in [7, 11) is 2.00. The van der Waals surface area contributed by atoms with Crippen LogP contribution in [-0.2, 0) is 24.7 Å². The standard InChI is InChI=1S/C19H21N3O/c1-14-21-17-12-16(8-9-18(17)22(14)2)13-19(23)20-11-10-15-6-4-3-5-7-15/h3-9,12H,10-11,13H2,1-2H3,(H,20,23). The summed E-state index contributed by atoms with van der Waals surface area (Å²) < 4.78 is 2.05. The highest BCUT2D eigenvalue weighted by atomic mass is 16.1. The number of nitrogens with zero attached hydrogens (tertiary/aromatic N) is 2. The van der Waals surface area contributed by atoms with E-state index >= 15 is 0 Å². The third-order valence-electron chi connectivity index (χ3n) is 4.11. The molecule has 0 saturated carbocycles.